The van der Waals surface area contributed by atoms with E-state index in [2.05, 4.69) is 4.74 Å². The van der Waals surface area contributed by atoms with E-state index < -0.39 is 17.5 Å². The van der Waals surface area contributed by atoms with Crippen molar-refractivity contribution in [3.8, 4) is 5.75 Å². The van der Waals surface area contributed by atoms with Crippen molar-refractivity contribution in [2.75, 3.05) is 7.11 Å². The van der Waals surface area contributed by atoms with Crippen LogP contribution in [0.4, 0.5) is 0 Å². The fourth-order valence-electron chi connectivity index (χ4n) is 2.27. The van der Waals surface area contributed by atoms with Gasteiger partial charge in [0.15, 0.2) is 5.78 Å². The molecule has 0 aromatic heterocycles. The summed E-state index contributed by atoms with van der Waals surface area (Å²) in [7, 11) is 1.29. The second-order valence-electron chi connectivity index (χ2n) is 4.24. The molecule has 4 nitrogen and oxygen atoms in total. The number of ketones is 1. The summed E-state index contributed by atoms with van der Waals surface area (Å²) in [6.45, 7) is 0. The summed E-state index contributed by atoms with van der Waals surface area (Å²) in [4.78, 5) is 23.7. The second-order valence-corrected chi connectivity index (χ2v) is 4.68. The molecular formula is C12H9ClO4. The molecule has 1 saturated carbocycles. The summed E-state index contributed by atoms with van der Waals surface area (Å²) in [5, 5.41) is 0.479. The first-order valence-corrected chi connectivity index (χ1v) is 5.57. The summed E-state index contributed by atoms with van der Waals surface area (Å²) in [6.07, 6.45) is 0.380. The van der Waals surface area contributed by atoms with Crippen molar-refractivity contribution in [1.29, 1.82) is 0 Å². The zero-order valence-electron chi connectivity index (χ0n) is 9.03. The van der Waals surface area contributed by atoms with Gasteiger partial charge < -0.3 is 9.47 Å². The quantitative estimate of drug-likeness (QED) is 0.716. The zero-order valence-corrected chi connectivity index (χ0v) is 9.78. The molecule has 1 heterocycles. The van der Waals surface area contributed by atoms with Crippen molar-refractivity contribution in [2.45, 2.75) is 12.0 Å². The lowest BCUT2D eigenvalue weighted by Gasteiger charge is -2.23. The monoisotopic (exact) mass is 252 g/mol. The first-order chi connectivity index (χ1) is 8.08. The van der Waals surface area contributed by atoms with Gasteiger partial charge in [-0.1, -0.05) is 11.6 Å². The smallest absolute Gasteiger partial charge is 0.351 e. The van der Waals surface area contributed by atoms with Crippen LogP contribution in [0.25, 0.3) is 0 Å². The number of Topliss-reactive ketones (excluding diaryl/α,β-unsaturated/α-hetero) is 1. The predicted molar refractivity (Wildman–Crippen MR) is 59.3 cm³/mol. The molecule has 0 amide bonds. The van der Waals surface area contributed by atoms with Gasteiger partial charge in [-0.3, -0.25) is 4.79 Å². The van der Waals surface area contributed by atoms with Gasteiger partial charge in [0.1, 0.15) is 5.75 Å². The van der Waals surface area contributed by atoms with Gasteiger partial charge in [-0.25, -0.2) is 4.79 Å². The molecule has 3 rings (SSSR count). The number of methoxy groups -OCH3 is 1. The van der Waals surface area contributed by atoms with Crippen molar-refractivity contribution in [2.24, 2.45) is 5.92 Å². The van der Waals surface area contributed by atoms with Gasteiger partial charge in [-0.05, 0) is 18.2 Å². The number of carbonyl (C=O) groups is 2. The summed E-state index contributed by atoms with van der Waals surface area (Å²) >= 11 is 5.83. The number of halogens is 1. The molecule has 0 radical (unpaired) electrons. The maximum absolute atomic E-state index is 12.1. The minimum absolute atomic E-state index is 0.0980. The van der Waals surface area contributed by atoms with Crippen molar-refractivity contribution >= 4 is 23.4 Å². The summed E-state index contributed by atoms with van der Waals surface area (Å²) in [6, 6.07) is 4.80. The molecule has 0 bridgehead atoms. The normalized spacial score (nSPS) is 28.8. The largest absolute Gasteiger partial charge is 0.474 e. The van der Waals surface area contributed by atoms with Gasteiger partial charge in [-0.2, -0.15) is 0 Å². The molecule has 1 aliphatic carbocycles. The van der Waals surface area contributed by atoms with E-state index in [0.29, 0.717) is 22.8 Å². The van der Waals surface area contributed by atoms with E-state index in [0.717, 1.165) is 0 Å². The van der Waals surface area contributed by atoms with Crippen molar-refractivity contribution in [1.82, 2.24) is 0 Å². The van der Waals surface area contributed by atoms with Crippen LogP contribution < -0.4 is 4.74 Å². The standard InChI is InChI=1S/C12H9ClO4/c1-16-11(15)12-5-8(12)10(14)7-4-6(13)2-3-9(7)17-12/h2-4,8H,5H2,1H3/t8-,12-/m0/s1. The third-order valence-electron chi connectivity index (χ3n) is 3.26. The molecule has 1 aromatic rings. The molecule has 1 fully saturated rings. The fourth-order valence-corrected chi connectivity index (χ4v) is 2.44. The average Bonchev–Trinajstić information content (AvgIpc) is 3.06. The minimum Gasteiger partial charge on any atom is -0.474 e. The lowest BCUT2D eigenvalue weighted by atomic mass is 10.0. The molecule has 0 spiro atoms. The number of benzene rings is 1. The molecule has 2 aliphatic rings. The van der Waals surface area contributed by atoms with Crippen LogP contribution in [0.15, 0.2) is 18.2 Å². The van der Waals surface area contributed by atoms with E-state index in [1.807, 2.05) is 0 Å². The Kier molecular flexibility index (Phi) is 2.01. The van der Waals surface area contributed by atoms with Crippen LogP contribution in [-0.2, 0) is 9.53 Å². The maximum atomic E-state index is 12.1. The van der Waals surface area contributed by atoms with Crippen LogP contribution in [0.5, 0.6) is 5.75 Å². The van der Waals surface area contributed by atoms with Gasteiger partial charge in [0.2, 0.25) is 5.60 Å². The van der Waals surface area contributed by atoms with Crippen LogP contribution in [0, 0.1) is 5.92 Å². The summed E-state index contributed by atoms with van der Waals surface area (Å²) in [5.41, 5.74) is -0.647. The Balaban J connectivity index is 2.06. The zero-order chi connectivity index (χ0) is 12.2. The molecule has 1 aliphatic heterocycles. The highest BCUT2D eigenvalue weighted by Crippen LogP contribution is 2.54. The Morgan fingerprint density at radius 3 is 3.06 bits per heavy atom. The highest BCUT2D eigenvalue weighted by molar-refractivity contribution is 6.31. The molecular weight excluding hydrogens is 244 g/mol. The summed E-state index contributed by atoms with van der Waals surface area (Å²) < 4.78 is 10.3. The van der Waals surface area contributed by atoms with E-state index in [4.69, 9.17) is 16.3 Å². The Hall–Kier alpha value is -1.55. The Morgan fingerprint density at radius 2 is 2.35 bits per heavy atom. The number of carbonyl (C=O) groups excluding carboxylic acids is 2. The SMILES string of the molecule is COC(=O)[C@]12C[C@H]1C(=O)c1cc(Cl)ccc1O2. The number of hydrogen-bond donors (Lipinski definition) is 0. The van der Waals surface area contributed by atoms with Crippen molar-refractivity contribution in [3.63, 3.8) is 0 Å². The van der Waals surface area contributed by atoms with Crippen LogP contribution >= 0.6 is 11.6 Å². The first kappa shape index (κ1) is 10.6. The van der Waals surface area contributed by atoms with Gasteiger partial charge >= 0.3 is 5.97 Å². The van der Waals surface area contributed by atoms with E-state index in [1.165, 1.54) is 7.11 Å². The average molecular weight is 253 g/mol. The lowest BCUT2D eigenvalue weighted by molar-refractivity contribution is -0.151. The van der Waals surface area contributed by atoms with E-state index in [1.54, 1.807) is 18.2 Å². The first-order valence-electron chi connectivity index (χ1n) is 5.20. The summed E-state index contributed by atoms with van der Waals surface area (Å²) in [5.74, 6) is -0.616. The number of rotatable bonds is 1. The Morgan fingerprint density at radius 1 is 1.59 bits per heavy atom. The molecule has 1 aromatic carbocycles. The van der Waals surface area contributed by atoms with E-state index in [-0.39, 0.29) is 5.78 Å². The second kappa shape index (κ2) is 3.23. The third kappa shape index (κ3) is 1.30. The van der Waals surface area contributed by atoms with Crippen LogP contribution in [0.1, 0.15) is 16.8 Å². The predicted octanol–water partition coefficient (Wildman–Crippen LogP) is 1.85. The topological polar surface area (TPSA) is 52.6 Å². The van der Waals surface area contributed by atoms with Gasteiger partial charge in [0.05, 0.1) is 18.6 Å². The maximum Gasteiger partial charge on any atom is 0.351 e. The number of ether oxygens (including phenoxy) is 2. The highest BCUT2D eigenvalue weighted by Gasteiger charge is 2.70. The van der Waals surface area contributed by atoms with Gasteiger partial charge in [-0.15, -0.1) is 0 Å². The van der Waals surface area contributed by atoms with Crippen LogP contribution in [-0.4, -0.2) is 24.5 Å². The Labute approximate surface area is 102 Å². The highest BCUT2D eigenvalue weighted by atomic mass is 35.5. The molecule has 2 atom stereocenters. The van der Waals surface area contributed by atoms with Crippen LogP contribution in [0.3, 0.4) is 0 Å². The molecule has 17 heavy (non-hydrogen) atoms. The van der Waals surface area contributed by atoms with Gasteiger partial charge in [0.25, 0.3) is 0 Å². The number of esters is 1. The van der Waals surface area contributed by atoms with Gasteiger partial charge in [0, 0.05) is 11.4 Å². The fraction of sp³-hybridized carbons (Fsp3) is 0.333. The van der Waals surface area contributed by atoms with Crippen molar-refractivity contribution in [3.05, 3.63) is 28.8 Å². The minimum atomic E-state index is -1.09. The molecule has 0 unspecified atom stereocenters. The molecule has 0 N–H and O–H groups in total. The number of fused-ring (bicyclic) bond motifs is 2. The van der Waals surface area contributed by atoms with E-state index in [9.17, 15) is 9.59 Å². The molecule has 5 heteroatoms. The lowest BCUT2D eigenvalue weighted by Crippen LogP contribution is -2.38. The third-order valence-corrected chi connectivity index (χ3v) is 3.49. The Bertz CT molecular complexity index is 539. The number of hydrogen-bond acceptors (Lipinski definition) is 4. The molecule has 0 saturated heterocycles. The van der Waals surface area contributed by atoms with Crippen molar-refractivity contribution < 1.29 is 19.1 Å². The molecule has 88 valence electrons. The van der Waals surface area contributed by atoms with Crippen LogP contribution in [0.2, 0.25) is 5.02 Å². The van der Waals surface area contributed by atoms with E-state index >= 15 is 0 Å².